The van der Waals surface area contributed by atoms with E-state index in [0.717, 1.165) is 17.7 Å². The molecule has 0 aliphatic rings. The van der Waals surface area contributed by atoms with Crippen LogP contribution in [0.25, 0.3) is 0 Å². The molecule has 0 spiro atoms. The van der Waals surface area contributed by atoms with Gasteiger partial charge in [-0.3, -0.25) is 4.79 Å². The summed E-state index contributed by atoms with van der Waals surface area (Å²) in [7, 11) is 0. The first-order chi connectivity index (χ1) is 8.19. The lowest BCUT2D eigenvalue weighted by molar-refractivity contribution is 0.0988. The standard InChI is InChI=1S/C14H20O2S/c1-3-13(17-10-11(2)9-15)14(16)12-7-5-4-6-8-12/h4-8,11,13,15H,3,9-10H2,1-2H3. The normalized spacial score (nSPS) is 14.3. The molecular formula is C14H20O2S. The maximum absolute atomic E-state index is 12.2. The summed E-state index contributed by atoms with van der Waals surface area (Å²) in [5.41, 5.74) is 0.781. The number of Topliss-reactive ketones (excluding diaryl/α,β-unsaturated/α-hetero) is 1. The van der Waals surface area contributed by atoms with Gasteiger partial charge in [-0.15, -0.1) is 11.8 Å². The van der Waals surface area contributed by atoms with Gasteiger partial charge in [0, 0.05) is 12.2 Å². The van der Waals surface area contributed by atoms with Crippen LogP contribution in [0.1, 0.15) is 30.6 Å². The van der Waals surface area contributed by atoms with E-state index >= 15 is 0 Å². The van der Waals surface area contributed by atoms with E-state index < -0.39 is 0 Å². The van der Waals surface area contributed by atoms with E-state index in [9.17, 15) is 4.79 Å². The highest BCUT2D eigenvalue weighted by Gasteiger charge is 2.19. The molecule has 0 radical (unpaired) electrons. The number of hydrogen-bond donors (Lipinski definition) is 1. The van der Waals surface area contributed by atoms with Crippen molar-refractivity contribution >= 4 is 17.5 Å². The molecule has 0 amide bonds. The van der Waals surface area contributed by atoms with Crippen molar-refractivity contribution in [2.45, 2.75) is 25.5 Å². The third kappa shape index (κ3) is 4.52. The molecule has 0 saturated carbocycles. The molecular weight excluding hydrogens is 232 g/mol. The summed E-state index contributed by atoms with van der Waals surface area (Å²) in [6.07, 6.45) is 0.830. The third-order valence-corrected chi connectivity index (χ3v) is 4.33. The maximum atomic E-state index is 12.2. The molecule has 3 heteroatoms. The molecule has 1 rings (SSSR count). The van der Waals surface area contributed by atoms with Crippen molar-refractivity contribution in [3.8, 4) is 0 Å². The molecule has 17 heavy (non-hydrogen) atoms. The fourth-order valence-electron chi connectivity index (χ4n) is 1.50. The average Bonchev–Trinajstić information content (AvgIpc) is 2.39. The lowest BCUT2D eigenvalue weighted by Gasteiger charge is -2.15. The minimum Gasteiger partial charge on any atom is -0.396 e. The second-order valence-electron chi connectivity index (χ2n) is 4.25. The Bertz CT molecular complexity index is 337. The van der Waals surface area contributed by atoms with Crippen molar-refractivity contribution in [2.75, 3.05) is 12.4 Å². The summed E-state index contributed by atoms with van der Waals surface area (Å²) < 4.78 is 0. The van der Waals surface area contributed by atoms with E-state index in [2.05, 4.69) is 0 Å². The quantitative estimate of drug-likeness (QED) is 0.758. The Labute approximate surface area is 107 Å². The van der Waals surface area contributed by atoms with Crippen LogP contribution in [0.15, 0.2) is 30.3 Å². The van der Waals surface area contributed by atoms with Crippen LogP contribution in [0, 0.1) is 5.92 Å². The van der Waals surface area contributed by atoms with Crippen LogP contribution in [-0.2, 0) is 0 Å². The Balaban J connectivity index is 2.59. The number of carbonyl (C=O) groups excluding carboxylic acids is 1. The molecule has 0 aliphatic heterocycles. The topological polar surface area (TPSA) is 37.3 Å². The Morgan fingerprint density at radius 1 is 1.35 bits per heavy atom. The van der Waals surface area contributed by atoms with Gasteiger partial charge in [0.15, 0.2) is 5.78 Å². The van der Waals surface area contributed by atoms with Gasteiger partial charge in [0.05, 0.1) is 5.25 Å². The fourth-order valence-corrected chi connectivity index (χ4v) is 2.69. The Morgan fingerprint density at radius 2 is 2.00 bits per heavy atom. The van der Waals surface area contributed by atoms with Gasteiger partial charge in [-0.1, -0.05) is 44.2 Å². The number of thioether (sulfide) groups is 1. The number of benzene rings is 1. The molecule has 0 heterocycles. The van der Waals surface area contributed by atoms with E-state index in [0.29, 0.717) is 0 Å². The van der Waals surface area contributed by atoms with Crippen molar-refractivity contribution in [2.24, 2.45) is 5.92 Å². The van der Waals surface area contributed by atoms with Gasteiger partial charge in [0.1, 0.15) is 0 Å². The van der Waals surface area contributed by atoms with E-state index in [1.54, 1.807) is 11.8 Å². The minimum atomic E-state index is 0.00593. The smallest absolute Gasteiger partial charge is 0.175 e. The molecule has 94 valence electrons. The summed E-state index contributed by atoms with van der Waals surface area (Å²) in [4.78, 5) is 12.2. The summed E-state index contributed by atoms with van der Waals surface area (Å²) in [5, 5.41) is 8.98. The highest BCUT2D eigenvalue weighted by atomic mass is 32.2. The highest BCUT2D eigenvalue weighted by molar-refractivity contribution is 8.00. The second kappa shape index (κ2) is 7.51. The molecule has 2 atom stereocenters. The van der Waals surface area contributed by atoms with Crippen molar-refractivity contribution in [1.82, 2.24) is 0 Å². The summed E-state index contributed by atoms with van der Waals surface area (Å²) in [6, 6.07) is 9.42. The lowest BCUT2D eigenvalue weighted by atomic mass is 10.1. The Hall–Kier alpha value is -0.800. The minimum absolute atomic E-state index is 0.00593. The first kappa shape index (κ1) is 14.3. The van der Waals surface area contributed by atoms with Gasteiger partial charge < -0.3 is 5.11 Å². The third-order valence-electron chi connectivity index (χ3n) is 2.62. The van der Waals surface area contributed by atoms with Crippen LogP contribution in [0.5, 0.6) is 0 Å². The fraction of sp³-hybridized carbons (Fsp3) is 0.500. The molecule has 0 aliphatic carbocycles. The van der Waals surface area contributed by atoms with Gasteiger partial charge >= 0.3 is 0 Å². The zero-order chi connectivity index (χ0) is 12.7. The van der Waals surface area contributed by atoms with Gasteiger partial charge in [-0.25, -0.2) is 0 Å². The van der Waals surface area contributed by atoms with Crippen molar-refractivity contribution in [1.29, 1.82) is 0 Å². The Kier molecular flexibility index (Phi) is 6.30. The van der Waals surface area contributed by atoms with Gasteiger partial charge in [-0.05, 0) is 18.1 Å². The molecule has 2 nitrogen and oxygen atoms in total. The van der Waals surface area contributed by atoms with E-state index in [1.807, 2.05) is 44.2 Å². The largest absolute Gasteiger partial charge is 0.396 e. The highest BCUT2D eigenvalue weighted by Crippen LogP contribution is 2.21. The number of rotatable bonds is 7. The average molecular weight is 252 g/mol. The monoisotopic (exact) mass is 252 g/mol. The molecule has 1 aromatic carbocycles. The van der Waals surface area contributed by atoms with Crippen LogP contribution in [0.4, 0.5) is 0 Å². The number of aliphatic hydroxyl groups excluding tert-OH is 1. The Morgan fingerprint density at radius 3 is 2.53 bits per heavy atom. The number of aliphatic hydroxyl groups is 1. The van der Waals surface area contributed by atoms with Crippen LogP contribution < -0.4 is 0 Å². The SMILES string of the molecule is CCC(SCC(C)CO)C(=O)c1ccccc1. The van der Waals surface area contributed by atoms with Crippen LogP contribution >= 0.6 is 11.8 Å². The number of ketones is 1. The zero-order valence-corrected chi connectivity index (χ0v) is 11.2. The summed E-state index contributed by atoms with van der Waals surface area (Å²) in [6.45, 7) is 4.21. The first-order valence-corrected chi connectivity index (χ1v) is 7.05. The molecule has 0 fully saturated rings. The summed E-state index contributed by atoms with van der Waals surface area (Å²) >= 11 is 1.65. The van der Waals surface area contributed by atoms with Crippen molar-refractivity contribution in [3.63, 3.8) is 0 Å². The lowest BCUT2D eigenvalue weighted by Crippen LogP contribution is -2.19. The van der Waals surface area contributed by atoms with E-state index in [-0.39, 0.29) is 23.6 Å². The van der Waals surface area contributed by atoms with Gasteiger partial charge in [0.2, 0.25) is 0 Å². The van der Waals surface area contributed by atoms with Crippen molar-refractivity contribution < 1.29 is 9.90 Å². The van der Waals surface area contributed by atoms with Crippen LogP contribution in [0.2, 0.25) is 0 Å². The molecule has 1 N–H and O–H groups in total. The predicted molar refractivity (Wildman–Crippen MR) is 73.6 cm³/mol. The molecule has 0 saturated heterocycles. The zero-order valence-electron chi connectivity index (χ0n) is 10.4. The van der Waals surface area contributed by atoms with Crippen LogP contribution in [-0.4, -0.2) is 28.5 Å². The number of hydrogen-bond acceptors (Lipinski definition) is 3. The first-order valence-electron chi connectivity index (χ1n) is 6.00. The molecule has 1 aromatic rings. The van der Waals surface area contributed by atoms with Gasteiger partial charge in [0.25, 0.3) is 0 Å². The maximum Gasteiger partial charge on any atom is 0.175 e. The van der Waals surface area contributed by atoms with E-state index in [1.165, 1.54) is 0 Å². The summed E-state index contributed by atoms with van der Waals surface area (Å²) in [5.74, 6) is 1.27. The van der Waals surface area contributed by atoms with Crippen molar-refractivity contribution in [3.05, 3.63) is 35.9 Å². The van der Waals surface area contributed by atoms with E-state index in [4.69, 9.17) is 5.11 Å². The predicted octanol–water partition coefficient (Wildman–Crippen LogP) is 3.01. The molecule has 2 unspecified atom stereocenters. The van der Waals surface area contributed by atoms with Crippen LogP contribution in [0.3, 0.4) is 0 Å². The molecule has 0 aromatic heterocycles. The number of carbonyl (C=O) groups is 1. The second-order valence-corrected chi connectivity index (χ2v) is 5.48. The molecule has 0 bridgehead atoms. The van der Waals surface area contributed by atoms with Gasteiger partial charge in [-0.2, -0.15) is 0 Å².